The molecule has 1 aromatic heterocycles. The lowest BCUT2D eigenvalue weighted by molar-refractivity contribution is -0.138. The average molecular weight is 517 g/mol. The molecule has 4 rings (SSSR count). The molecule has 0 saturated heterocycles. The van der Waals surface area contributed by atoms with Gasteiger partial charge < -0.3 is 19.7 Å². The lowest BCUT2D eigenvalue weighted by atomic mass is 10.0. The van der Waals surface area contributed by atoms with Crippen molar-refractivity contribution in [2.75, 3.05) is 14.2 Å². The number of alkyl halides is 3. The summed E-state index contributed by atoms with van der Waals surface area (Å²) in [4.78, 5) is 28.8. The number of amides is 2. The highest BCUT2D eigenvalue weighted by molar-refractivity contribution is 6.06. The fraction of sp³-hybridized carbons (Fsp3) is 0.346. The van der Waals surface area contributed by atoms with Gasteiger partial charge >= 0.3 is 6.18 Å². The average Bonchev–Trinajstić information content (AvgIpc) is 3.37. The van der Waals surface area contributed by atoms with Crippen LogP contribution in [0.5, 0.6) is 11.5 Å². The van der Waals surface area contributed by atoms with Gasteiger partial charge in [0, 0.05) is 36.5 Å². The third-order valence-corrected chi connectivity index (χ3v) is 6.75. The van der Waals surface area contributed by atoms with Crippen LogP contribution in [-0.2, 0) is 24.6 Å². The number of nitrogens with zero attached hydrogens (tertiary/aromatic N) is 3. The normalized spacial score (nSPS) is 15.9. The Kier molecular flexibility index (Phi) is 6.90. The highest BCUT2D eigenvalue weighted by atomic mass is 19.4. The largest absolute Gasteiger partial charge is 0.497 e. The van der Waals surface area contributed by atoms with Crippen LogP contribution in [0.15, 0.2) is 42.6 Å². The van der Waals surface area contributed by atoms with Crippen molar-refractivity contribution in [3.63, 3.8) is 0 Å². The highest BCUT2D eigenvalue weighted by Crippen LogP contribution is 2.46. The van der Waals surface area contributed by atoms with Gasteiger partial charge in [-0.05, 0) is 31.5 Å². The molecule has 0 radical (unpaired) electrons. The summed E-state index contributed by atoms with van der Waals surface area (Å²) < 4.78 is 52.9. The Balaban J connectivity index is 1.76. The Morgan fingerprint density at radius 1 is 1.19 bits per heavy atom. The van der Waals surface area contributed by atoms with Gasteiger partial charge in [-0.3, -0.25) is 14.3 Å². The second-order valence-corrected chi connectivity index (χ2v) is 8.76. The van der Waals surface area contributed by atoms with Crippen LogP contribution in [0.1, 0.15) is 57.3 Å². The van der Waals surface area contributed by atoms with Crippen LogP contribution < -0.4 is 14.8 Å². The Bertz CT molecular complexity index is 1350. The molecule has 0 spiro atoms. The summed E-state index contributed by atoms with van der Waals surface area (Å²) in [5, 5.41) is 6.86. The molecule has 2 heterocycles. The van der Waals surface area contributed by atoms with E-state index in [4.69, 9.17) is 9.47 Å². The molecule has 2 unspecified atom stereocenters. The summed E-state index contributed by atoms with van der Waals surface area (Å²) in [7, 11) is 4.62. The minimum Gasteiger partial charge on any atom is -0.497 e. The smallest absolute Gasteiger partial charge is 0.416 e. The molecule has 196 valence electrons. The SMILES string of the molecule is COc1cc(OC)c2c(c1)C(=O)N(C(C)c1cnn(C)c1C)C2C(=O)NCc1ccccc1C(F)(F)F. The van der Waals surface area contributed by atoms with E-state index in [-0.39, 0.29) is 23.4 Å². The van der Waals surface area contributed by atoms with E-state index in [1.54, 1.807) is 30.9 Å². The lowest BCUT2D eigenvalue weighted by Gasteiger charge is -2.31. The molecule has 1 aliphatic heterocycles. The van der Waals surface area contributed by atoms with E-state index < -0.39 is 35.6 Å². The van der Waals surface area contributed by atoms with Crippen LogP contribution in [0.4, 0.5) is 13.2 Å². The van der Waals surface area contributed by atoms with Crippen molar-refractivity contribution >= 4 is 11.8 Å². The number of carbonyl (C=O) groups excluding carboxylic acids is 2. The van der Waals surface area contributed by atoms with E-state index in [0.717, 1.165) is 17.3 Å². The van der Waals surface area contributed by atoms with Crippen molar-refractivity contribution < 1.29 is 32.2 Å². The predicted molar refractivity (Wildman–Crippen MR) is 128 cm³/mol. The van der Waals surface area contributed by atoms with Crippen LogP contribution >= 0.6 is 0 Å². The van der Waals surface area contributed by atoms with Crippen molar-refractivity contribution in [3.05, 3.63) is 76.1 Å². The summed E-state index contributed by atoms with van der Waals surface area (Å²) in [6.45, 7) is 3.25. The van der Waals surface area contributed by atoms with E-state index in [1.807, 2.05) is 6.92 Å². The number of halogens is 3. The van der Waals surface area contributed by atoms with Crippen LogP contribution in [0.3, 0.4) is 0 Å². The minimum atomic E-state index is -4.57. The van der Waals surface area contributed by atoms with E-state index in [2.05, 4.69) is 10.4 Å². The van der Waals surface area contributed by atoms with Gasteiger partial charge in [-0.1, -0.05) is 18.2 Å². The van der Waals surface area contributed by atoms with Gasteiger partial charge in [0.15, 0.2) is 0 Å². The first kappa shape index (κ1) is 26.1. The summed E-state index contributed by atoms with van der Waals surface area (Å²) in [6, 6.07) is 6.39. The molecule has 11 heteroatoms. The van der Waals surface area contributed by atoms with E-state index >= 15 is 0 Å². The highest BCUT2D eigenvalue weighted by Gasteiger charge is 2.46. The predicted octanol–water partition coefficient (Wildman–Crippen LogP) is 4.34. The third-order valence-electron chi connectivity index (χ3n) is 6.75. The number of aromatic nitrogens is 2. The molecule has 2 aromatic carbocycles. The number of nitrogens with one attached hydrogen (secondary N) is 1. The van der Waals surface area contributed by atoms with Gasteiger partial charge in [0.05, 0.1) is 37.6 Å². The molecule has 3 aromatic rings. The van der Waals surface area contributed by atoms with E-state index in [9.17, 15) is 22.8 Å². The van der Waals surface area contributed by atoms with Crippen molar-refractivity contribution in [1.82, 2.24) is 20.0 Å². The van der Waals surface area contributed by atoms with Crippen LogP contribution in [0.2, 0.25) is 0 Å². The van der Waals surface area contributed by atoms with Crippen molar-refractivity contribution in [1.29, 1.82) is 0 Å². The van der Waals surface area contributed by atoms with E-state index in [1.165, 1.54) is 43.4 Å². The molecular formula is C26H27F3N4O4. The Labute approximate surface area is 212 Å². The van der Waals surface area contributed by atoms with Gasteiger partial charge in [-0.15, -0.1) is 0 Å². The second-order valence-electron chi connectivity index (χ2n) is 8.76. The topological polar surface area (TPSA) is 85.7 Å². The first-order valence-corrected chi connectivity index (χ1v) is 11.5. The molecule has 0 saturated carbocycles. The molecule has 1 aliphatic rings. The van der Waals surface area contributed by atoms with Crippen molar-refractivity contribution in [3.8, 4) is 11.5 Å². The number of rotatable bonds is 7. The summed E-state index contributed by atoms with van der Waals surface area (Å²) in [5.41, 5.74) is 1.16. The molecular weight excluding hydrogens is 489 g/mol. The second kappa shape index (κ2) is 9.79. The molecule has 0 bridgehead atoms. The molecule has 2 atom stereocenters. The summed E-state index contributed by atoms with van der Waals surface area (Å²) in [5.74, 6) is -0.440. The zero-order chi connectivity index (χ0) is 27.1. The number of carbonyl (C=O) groups is 2. The zero-order valence-electron chi connectivity index (χ0n) is 21.0. The van der Waals surface area contributed by atoms with Gasteiger partial charge in [-0.25, -0.2) is 0 Å². The molecule has 37 heavy (non-hydrogen) atoms. The Morgan fingerprint density at radius 3 is 2.49 bits per heavy atom. The monoisotopic (exact) mass is 516 g/mol. The molecule has 0 aliphatic carbocycles. The standard InChI is InChI=1S/C26H27F3N4O4/c1-14-19(13-31-32(14)3)15(2)33-23(22-18(25(33)35)10-17(36-4)11-21(22)37-5)24(34)30-12-16-8-6-7-9-20(16)26(27,28)29/h6-11,13,15,23H,12H2,1-5H3,(H,30,34). The van der Waals surface area contributed by atoms with E-state index in [0.29, 0.717) is 11.3 Å². The zero-order valence-corrected chi connectivity index (χ0v) is 21.0. The molecule has 0 fully saturated rings. The lowest BCUT2D eigenvalue weighted by Crippen LogP contribution is -2.40. The van der Waals surface area contributed by atoms with Crippen molar-refractivity contribution in [2.24, 2.45) is 7.05 Å². The maximum atomic E-state index is 13.7. The van der Waals surface area contributed by atoms with Crippen molar-refractivity contribution in [2.45, 2.75) is 38.7 Å². The number of benzene rings is 2. The number of methoxy groups -OCH3 is 2. The van der Waals surface area contributed by atoms with Crippen LogP contribution in [-0.4, -0.2) is 40.7 Å². The first-order valence-electron chi connectivity index (χ1n) is 11.5. The van der Waals surface area contributed by atoms with Gasteiger partial charge in [-0.2, -0.15) is 18.3 Å². The number of hydrogen-bond donors (Lipinski definition) is 1. The van der Waals surface area contributed by atoms with Gasteiger partial charge in [0.25, 0.3) is 5.91 Å². The third kappa shape index (κ3) is 4.61. The summed E-state index contributed by atoms with van der Waals surface area (Å²) >= 11 is 0. The number of aryl methyl sites for hydroxylation is 1. The first-order chi connectivity index (χ1) is 17.5. The fourth-order valence-corrected chi connectivity index (χ4v) is 4.71. The quantitative estimate of drug-likeness (QED) is 0.505. The van der Waals surface area contributed by atoms with Gasteiger partial charge in [0.2, 0.25) is 5.91 Å². The number of hydrogen-bond acceptors (Lipinski definition) is 5. The maximum absolute atomic E-state index is 13.7. The Morgan fingerprint density at radius 2 is 1.89 bits per heavy atom. The Hall–Kier alpha value is -4.02. The molecule has 2 amide bonds. The number of ether oxygens (including phenoxy) is 2. The molecule has 8 nitrogen and oxygen atoms in total. The minimum absolute atomic E-state index is 0.0858. The molecule has 1 N–H and O–H groups in total. The van der Waals surface area contributed by atoms with Crippen LogP contribution in [0.25, 0.3) is 0 Å². The fourth-order valence-electron chi connectivity index (χ4n) is 4.71. The van der Waals surface area contributed by atoms with Gasteiger partial charge in [0.1, 0.15) is 17.5 Å². The summed E-state index contributed by atoms with van der Waals surface area (Å²) in [6.07, 6.45) is -2.95. The number of fused-ring (bicyclic) bond motifs is 1. The maximum Gasteiger partial charge on any atom is 0.416 e. The van der Waals surface area contributed by atoms with Crippen LogP contribution in [0, 0.1) is 6.92 Å².